The summed E-state index contributed by atoms with van der Waals surface area (Å²) < 4.78 is 11.3. The van der Waals surface area contributed by atoms with Crippen LogP contribution in [-0.4, -0.2) is 31.3 Å². The molecule has 4 nitrogen and oxygen atoms in total. The van der Waals surface area contributed by atoms with Crippen LogP contribution in [0.5, 0.6) is 0 Å². The summed E-state index contributed by atoms with van der Waals surface area (Å²) in [5.41, 5.74) is 6.80. The Hall–Kier alpha value is -1.39. The molecule has 0 fully saturated rings. The van der Waals surface area contributed by atoms with Crippen LogP contribution in [-0.2, 0) is 20.7 Å². The maximum Gasteiger partial charge on any atom is 0.322 e. The van der Waals surface area contributed by atoms with Crippen molar-refractivity contribution in [3.63, 3.8) is 0 Å². The number of carbonyl (C=O) groups excluding carboxylic acids is 1. The molecule has 0 unspecified atom stereocenters. The van der Waals surface area contributed by atoms with Gasteiger partial charge in [0, 0.05) is 12.5 Å². The first-order valence-electron chi connectivity index (χ1n) is 8.48. The number of hydrogen-bond donors (Lipinski definition) is 1. The van der Waals surface area contributed by atoms with Crippen molar-refractivity contribution in [3.05, 3.63) is 35.9 Å². The molecule has 3 atom stereocenters. The highest BCUT2D eigenvalue weighted by atomic mass is 16.5. The third kappa shape index (κ3) is 8.14. The molecule has 0 aliphatic carbocycles. The molecule has 0 radical (unpaired) electrons. The van der Waals surface area contributed by atoms with Crippen LogP contribution in [0, 0.1) is 11.8 Å². The Morgan fingerprint density at radius 1 is 1.13 bits per heavy atom. The predicted octanol–water partition coefficient (Wildman–Crippen LogP) is 3.19. The highest BCUT2D eigenvalue weighted by molar-refractivity contribution is 5.75. The Morgan fingerprint density at radius 3 is 2.35 bits per heavy atom. The van der Waals surface area contributed by atoms with Crippen molar-refractivity contribution < 1.29 is 14.3 Å². The fourth-order valence-electron chi connectivity index (χ4n) is 2.22. The lowest BCUT2D eigenvalue weighted by Gasteiger charge is -2.25. The number of esters is 1. The molecule has 1 aromatic carbocycles. The van der Waals surface area contributed by atoms with Gasteiger partial charge in [-0.1, -0.05) is 44.2 Å². The lowest BCUT2D eigenvalue weighted by molar-refractivity contribution is -0.153. The van der Waals surface area contributed by atoms with E-state index in [1.54, 1.807) is 6.92 Å². The summed E-state index contributed by atoms with van der Waals surface area (Å²) in [5.74, 6) is 0.376. The molecule has 0 amide bonds. The van der Waals surface area contributed by atoms with Gasteiger partial charge in [0.15, 0.2) is 0 Å². The monoisotopic (exact) mass is 321 g/mol. The first kappa shape index (κ1) is 19.7. The van der Waals surface area contributed by atoms with Gasteiger partial charge in [-0.15, -0.1) is 0 Å². The second kappa shape index (κ2) is 10.4. The lowest BCUT2D eigenvalue weighted by atomic mass is 9.95. The fourth-order valence-corrected chi connectivity index (χ4v) is 2.22. The van der Waals surface area contributed by atoms with Crippen LogP contribution in [0.1, 0.15) is 39.7 Å². The zero-order valence-corrected chi connectivity index (χ0v) is 14.8. The van der Waals surface area contributed by atoms with Gasteiger partial charge in [0.2, 0.25) is 0 Å². The average Bonchev–Trinajstić information content (AvgIpc) is 2.50. The van der Waals surface area contributed by atoms with Crippen molar-refractivity contribution in [2.45, 2.75) is 52.7 Å². The number of nitrogens with two attached hydrogens (primary N) is 1. The largest absolute Gasteiger partial charge is 0.461 e. The van der Waals surface area contributed by atoms with Crippen LogP contribution < -0.4 is 5.73 Å². The van der Waals surface area contributed by atoms with E-state index in [9.17, 15) is 4.79 Å². The highest BCUT2D eigenvalue weighted by Gasteiger charge is 2.23. The Morgan fingerprint density at radius 2 is 1.78 bits per heavy atom. The molecule has 1 rings (SSSR count). The minimum absolute atomic E-state index is 0.118. The van der Waals surface area contributed by atoms with Crippen molar-refractivity contribution in [2.24, 2.45) is 17.6 Å². The van der Waals surface area contributed by atoms with Gasteiger partial charge in [0.25, 0.3) is 0 Å². The number of benzene rings is 1. The summed E-state index contributed by atoms with van der Waals surface area (Å²) in [6, 6.07) is 9.60. The molecule has 23 heavy (non-hydrogen) atoms. The average molecular weight is 321 g/mol. The number of rotatable bonds is 10. The van der Waals surface area contributed by atoms with Crippen LogP contribution >= 0.6 is 0 Å². The van der Waals surface area contributed by atoms with E-state index in [1.165, 1.54) is 5.56 Å². The van der Waals surface area contributed by atoms with Crippen molar-refractivity contribution in [1.29, 1.82) is 0 Å². The SMILES string of the molecule is CC(C)CCOC[C@@H](Cc1ccccc1)[C@H](C)OC(=O)[C@H](C)N. The maximum atomic E-state index is 11.7. The number of hydrogen-bond acceptors (Lipinski definition) is 4. The Balaban J connectivity index is 2.61. The Kier molecular flexibility index (Phi) is 8.89. The normalized spacial score (nSPS) is 15.2. The third-order valence-electron chi connectivity index (χ3n) is 3.85. The summed E-state index contributed by atoms with van der Waals surface area (Å²) in [6.07, 6.45) is 1.62. The van der Waals surface area contributed by atoms with E-state index in [0.717, 1.165) is 19.4 Å². The van der Waals surface area contributed by atoms with E-state index in [4.69, 9.17) is 15.2 Å². The van der Waals surface area contributed by atoms with Crippen molar-refractivity contribution in [3.8, 4) is 0 Å². The molecule has 0 spiro atoms. The summed E-state index contributed by atoms with van der Waals surface area (Å²) in [4.78, 5) is 11.7. The van der Waals surface area contributed by atoms with Crippen LogP contribution in [0.15, 0.2) is 30.3 Å². The van der Waals surface area contributed by atoms with E-state index in [-0.39, 0.29) is 18.0 Å². The van der Waals surface area contributed by atoms with Gasteiger partial charge in [-0.05, 0) is 38.2 Å². The maximum absolute atomic E-state index is 11.7. The van der Waals surface area contributed by atoms with E-state index in [0.29, 0.717) is 12.5 Å². The number of ether oxygens (including phenoxy) is 2. The second-order valence-corrected chi connectivity index (χ2v) is 6.64. The molecule has 130 valence electrons. The molecule has 2 N–H and O–H groups in total. The third-order valence-corrected chi connectivity index (χ3v) is 3.85. The van der Waals surface area contributed by atoms with Crippen molar-refractivity contribution in [2.75, 3.05) is 13.2 Å². The van der Waals surface area contributed by atoms with Crippen LogP contribution in [0.2, 0.25) is 0 Å². The van der Waals surface area contributed by atoms with Crippen molar-refractivity contribution >= 4 is 5.97 Å². The second-order valence-electron chi connectivity index (χ2n) is 6.64. The summed E-state index contributed by atoms with van der Waals surface area (Å²) in [6.45, 7) is 9.22. The van der Waals surface area contributed by atoms with Gasteiger partial charge < -0.3 is 15.2 Å². The smallest absolute Gasteiger partial charge is 0.322 e. The minimum Gasteiger partial charge on any atom is -0.461 e. The Labute approximate surface area is 140 Å². The molecular weight excluding hydrogens is 290 g/mol. The van der Waals surface area contributed by atoms with E-state index >= 15 is 0 Å². The zero-order chi connectivity index (χ0) is 17.2. The van der Waals surface area contributed by atoms with E-state index in [1.807, 2.05) is 25.1 Å². The van der Waals surface area contributed by atoms with Gasteiger partial charge >= 0.3 is 5.97 Å². The van der Waals surface area contributed by atoms with Gasteiger partial charge in [-0.2, -0.15) is 0 Å². The molecule has 0 aliphatic heterocycles. The lowest BCUT2D eigenvalue weighted by Crippen LogP contribution is -2.36. The first-order chi connectivity index (χ1) is 10.9. The van der Waals surface area contributed by atoms with E-state index in [2.05, 4.69) is 26.0 Å². The van der Waals surface area contributed by atoms with Gasteiger partial charge in [-0.3, -0.25) is 4.79 Å². The van der Waals surface area contributed by atoms with Crippen LogP contribution in [0.3, 0.4) is 0 Å². The summed E-state index contributed by atoms with van der Waals surface area (Å²) in [5, 5.41) is 0. The first-order valence-corrected chi connectivity index (χ1v) is 8.48. The summed E-state index contributed by atoms with van der Waals surface area (Å²) >= 11 is 0. The molecule has 0 heterocycles. The van der Waals surface area contributed by atoms with E-state index < -0.39 is 6.04 Å². The van der Waals surface area contributed by atoms with Crippen molar-refractivity contribution in [1.82, 2.24) is 0 Å². The standard InChI is InChI=1S/C19H31NO3/c1-14(2)10-11-22-13-18(12-17-8-6-5-7-9-17)16(4)23-19(21)15(3)20/h5-9,14-16,18H,10-13,20H2,1-4H3/t15-,16-,18+/m0/s1. The molecule has 0 saturated carbocycles. The van der Waals surface area contributed by atoms with Crippen LogP contribution in [0.4, 0.5) is 0 Å². The molecule has 0 aromatic heterocycles. The van der Waals surface area contributed by atoms with Gasteiger partial charge in [-0.25, -0.2) is 0 Å². The quantitative estimate of drug-likeness (QED) is 0.531. The molecule has 4 heteroatoms. The molecular formula is C19H31NO3. The summed E-state index contributed by atoms with van der Waals surface area (Å²) in [7, 11) is 0. The molecule has 0 aliphatic rings. The number of carbonyl (C=O) groups is 1. The zero-order valence-electron chi connectivity index (χ0n) is 14.8. The topological polar surface area (TPSA) is 61.5 Å². The predicted molar refractivity (Wildman–Crippen MR) is 93.1 cm³/mol. The van der Waals surface area contributed by atoms with Crippen LogP contribution in [0.25, 0.3) is 0 Å². The molecule has 0 saturated heterocycles. The van der Waals surface area contributed by atoms with Gasteiger partial charge in [0.1, 0.15) is 12.1 Å². The highest BCUT2D eigenvalue weighted by Crippen LogP contribution is 2.17. The fraction of sp³-hybridized carbons (Fsp3) is 0.632. The molecule has 1 aromatic rings. The van der Waals surface area contributed by atoms with Gasteiger partial charge in [0.05, 0.1) is 6.61 Å². The Bertz CT molecular complexity index is 445. The minimum atomic E-state index is -0.600. The molecule has 0 bridgehead atoms.